The Labute approximate surface area is 103 Å². The third-order valence-corrected chi connectivity index (χ3v) is 3.99. The maximum atomic E-state index is 13.8. The van der Waals surface area contributed by atoms with E-state index in [9.17, 15) is 4.39 Å². The van der Waals surface area contributed by atoms with Gasteiger partial charge in [-0.3, -0.25) is 0 Å². The first-order chi connectivity index (χ1) is 7.02. The van der Waals surface area contributed by atoms with Crippen LogP contribution in [0, 0.1) is 5.82 Å². The second kappa shape index (κ2) is 4.06. The zero-order valence-corrected chi connectivity index (χ0v) is 11.1. The molecule has 1 saturated carbocycles. The first-order valence-corrected chi connectivity index (χ1v) is 6.36. The quantitative estimate of drug-likeness (QED) is 0.653. The Morgan fingerprint density at radius 2 is 2.07 bits per heavy atom. The molecule has 0 aliphatic heterocycles. The lowest BCUT2D eigenvalue weighted by Gasteiger charge is -2.14. The molecule has 0 heterocycles. The van der Waals surface area contributed by atoms with Crippen molar-refractivity contribution in [2.24, 2.45) is 0 Å². The lowest BCUT2D eigenvalue weighted by molar-refractivity contribution is 0.607. The zero-order chi connectivity index (χ0) is 11.2. The second-order valence-corrected chi connectivity index (χ2v) is 5.62. The van der Waals surface area contributed by atoms with E-state index in [2.05, 4.69) is 29.8 Å². The highest BCUT2D eigenvalue weighted by Gasteiger charge is 2.31. The smallest absolute Gasteiger partial charge is 0.146 e. The van der Waals surface area contributed by atoms with Crippen LogP contribution in [0.1, 0.15) is 49.7 Å². The number of hydrogen-bond donors (Lipinski definition) is 0. The number of halogens is 3. The van der Waals surface area contributed by atoms with Crippen LogP contribution in [0.15, 0.2) is 10.5 Å². The van der Waals surface area contributed by atoms with Gasteiger partial charge in [0.05, 0.1) is 5.02 Å². The van der Waals surface area contributed by atoms with Crippen LogP contribution < -0.4 is 0 Å². The van der Waals surface area contributed by atoms with Gasteiger partial charge in [-0.2, -0.15) is 0 Å². The Morgan fingerprint density at radius 3 is 2.53 bits per heavy atom. The molecule has 2 rings (SSSR count). The van der Waals surface area contributed by atoms with Gasteiger partial charge in [-0.15, -0.1) is 0 Å². The van der Waals surface area contributed by atoms with Crippen LogP contribution in [-0.4, -0.2) is 0 Å². The fraction of sp³-hybridized carbons (Fsp3) is 0.500. The maximum absolute atomic E-state index is 13.8. The van der Waals surface area contributed by atoms with Gasteiger partial charge in [0.2, 0.25) is 0 Å². The summed E-state index contributed by atoms with van der Waals surface area (Å²) in [4.78, 5) is 0. The highest BCUT2D eigenvalue weighted by molar-refractivity contribution is 9.10. The minimum Gasteiger partial charge on any atom is -0.205 e. The molecule has 1 aliphatic carbocycles. The van der Waals surface area contributed by atoms with Gasteiger partial charge >= 0.3 is 0 Å². The van der Waals surface area contributed by atoms with E-state index in [1.807, 2.05) is 0 Å². The molecule has 0 aromatic heterocycles. The maximum Gasteiger partial charge on any atom is 0.146 e. The zero-order valence-electron chi connectivity index (χ0n) is 8.78. The van der Waals surface area contributed by atoms with E-state index in [0.29, 0.717) is 11.8 Å². The molecule has 82 valence electrons. The average Bonchev–Trinajstić information content (AvgIpc) is 2.95. The Hall–Kier alpha value is -0.0800. The molecule has 1 fully saturated rings. The van der Waals surface area contributed by atoms with Crippen molar-refractivity contribution in [2.75, 3.05) is 0 Å². The van der Waals surface area contributed by atoms with Crippen molar-refractivity contribution in [1.29, 1.82) is 0 Å². The Morgan fingerprint density at radius 1 is 1.47 bits per heavy atom. The Kier molecular flexibility index (Phi) is 3.09. The lowest BCUT2D eigenvalue weighted by Crippen LogP contribution is -1.98. The molecule has 0 bridgehead atoms. The van der Waals surface area contributed by atoms with Crippen LogP contribution in [0.2, 0.25) is 5.02 Å². The molecule has 0 atom stereocenters. The molecular formula is C12H13BrClF. The van der Waals surface area contributed by atoms with Crippen LogP contribution in [0.4, 0.5) is 4.39 Å². The van der Waals surface area contributed by atoms with Crippen molar-refractivity contribution in [3.63, 3.8) is 0 Å². The summed E-state index contributed by atoms with van der Waals surface area (Å²) >= 11 is 9.42. The van der Waals surface area contributed by atoms with Crippen LogP contribution >= 0.6 is 27.5 Å². The van der Waals surface area contributed by atoms with E-state index in [1.165, 1.54) is 0 Å². The summed E-state index contributed by atoms with van der Waals surface area (Å²) in [6.07, 6.45) is 2.15. The van der Waals surface area contributed by atoms with Crippen molar-refractivity contribution < 1.29 is 4.39 Å². The summed E-state index contributed by atoms with van der Waals surface area (Å²) in [5.41, 5.74) is 1.88. The van der Waals surface area contributed by atoms with Crippen LogP contribution in [0.25, 0.3) is 0 Å². The summed E-state index contributed by atoms with van der Waals surface area (Å²) in [6, 6.07) is 1.73. The van der Waals surface area contributed by atoms with E-state index in [1.54, 1.807) is 6.07 Å². The van der Waals surface area contributed by atoms with Crippen LogP contribution in [0.5, 0.6) is 0 Å². The van der Waals surface area contributed by atoms with Gasteiger partial charge in [0.15, 0.2) is 0 Å². The number of rotatable bonds is 2. The molecule has 15 heavy (non-hydrogen) atoms. The van der Waals surface area contributed by atoms with Gasteiger partial charge in [-0.1, -0.05) is 41.4 Å². The van der Waals surface area contributed by atoms with Gasteiger partial charge in [-0.25, -0.2) is 4.39 Å². The molecule has 0 amide bonds. The van der Waals surface area contributed by atoms with Crippen molar-refractivity contribution in [3.8, 4) is 0 Å². The van der Waals surface area contributed by atoms with E-state index in [-0.39, 0.29) is 10.8 Å². The minimum absolute atomic E-state index is 0.240. The molecule has 0 spiro atoms. The third-order valence-electron chi connectivity index (χ3n) is 2.83. The Balaban J connectivity index is 2.60. The molecule has 0 N–H and O–H groups in total. The molecule has 0 nitrogen and oxygen atoms in total. The van der Waals surface area contributed by atoms with Crippen LogP contribution in [0.3, 0.4) is 0 Å². The van der Waals surface area contributed by atoms with E-state index in [0.717, 1.165) is 28.4 Å². The predicted octanol–water partition coefficient (Wildman–Crippen LogP) is 5.24. The molecule has 1 aromatic rings. The topological polar surface area (TPSA) is 0 Å². The second-order valence-electron chi connectivity index (χ2n) is 4.42. The molecule has 0 unspecified atom stereocenters. The summed E-state index contributed by atoms with van der Waals surface area (Å²) < 4.78 is 14.8. The fourth-order valence-corrected chi connectivity index (χ4v) is 3.08. The standard InChI is InChI=1S/C12H13BrClF/c1-6(2)8-5-9(14)12(15)10(11(8)13)7-3-4-7/h5-7H,3-4H2,1-2H3. The fourth-order valence-electron chi connectivity index (χ4n) is 1.79. The van der Waals surface area contributed by atoms with Crippen molar-refractivity contribution in [2.45, 2.75) is 38.5 Å². The highest BCUT2D eigenvalue weighted by Crippen LogP contribution is 2.47. The van der Waals surface area contributed by atoms with Gasteiger partial charge in [-0.05, 0) is 36.3 Å². The molecule has 0 radical (unpaired) electrons. The number of hydrogen-bond acceptors (Lipinski definition) is 0. The first kappa shape index (κ1) is 11.4. The molecule has 3 heteroatoms. The van der Waals surface area contributed by atoms with Crippen molar-refractivity contribution in [1.82, 2.24) is 0 Å². The lowest BCUT2D eigenvalue weighted by atomic mass is 9.98. The van der Waals surface area contributed by atoms with Gasteiger partial charge in [0.25, 0.3) is 0 Å². The summed E-state index contributed by atoms with van der Waals surface area (Å²) in [5.74, 6) is 0.487. The minimum atomic E-state index is -0.240. The van der Waals surface area contributed by atoms with Crippen molar-refractivity contribution in [3.05, 3.63) is 32.5 Å². The normalized spacial score (nSPS) is 16.1. The van der Waals surface area contributed by atoms with Gasteiger partial charge in [0, 0.05) is 10.0 Å². The first-order valence-electron chi connectivity index (χ1n) is 5.19. The molecule has 0 saturated heterocycles. The van der Waals surface area contributed by atoms with E-state index >= 15 is 0 Å². The van der Waals surface area contributed by atoms with Crippen molar-refractivity contribution >= 4 is 27.5 Å². The summed E-state index contributed by atoms with van der Waals surface area (Å²) in [6.45, 7) is 4.18. The largest absolute Gasteiger partial charge is 0.205 e. The molecule has 1 aromatic carbocycles. The van der Waals surface area contributed by atoms with Gasteiger partial charge in [0.1, 0.15) is 5.82 Å². The Bertz CT molecular complexity index is 397. The van der Waals surface area contributed by atoms with Crippen LogP contribution in [-0.2, 0) is 0 Å². The predicted molar refractivity (Wildman–Crippen MR) is 65.2 cm³/mol. The number of benzene rings is 1. The summed E-state index contributed by atoms with van der Waals surface area (Å²) in [5, 5.41) is 0.254. The summed E-state index contributed by atoms with van der Waals surface area (Å²) in [7, 11) is 0. The molecule has 1 aliphatic rings. The monoisotopic (exact) mass is 290 g/mol. The average molecular weight is 292 g/mol. The molecular weight excluding hydrogens is 278 g/mol. The van der Waals surface area contributed by atoms with E-state index in [4.69, 9.17) is 11.6 Å². The van der Waals surface area contributed by atoms with E-state index < -0.39 is 0 Å². The SMILES string of the molecule is CC(C)c1cc(Cl)c(F)c(C2CC2)c1Br. The highest BCUT2D eigenvalue weighted by atomic mass is 79.9. The third kappa shape index (κ3) is 2.07. The van der Waals surface area contributed by atoms with Gasteiger partial charge < -0.3 is 0 Å².